The second kappa shape index (κ2) is 27.8. The summed E-state index contributed by atoms with van der Waals surface area (Å²) in [7, 11) is -2.62. The highest BCUT2D eigenvalue weighted by atomic mass is 32.1. The van der Waals surface area contributed by atoms with Gasteiger partial charge >= 0.3 is 0 Å². The van der Waals surface area contributed by atoms with Crippen LogP contribution in [-0.4, -0.2) is 25.6 Å². The minimum Gasteiger partial charge on any atom is -0.206 e. The fourth-order valence-corrected chi connectivity index (χ4v) is 32.0. The van der Waals surface area contributed by atoms with Crippen molar-refractivity contribution in [3.63, 3.8) is 0 Å². The number of unbranched alkanes of at least 4 members (excludes halogenated alkanes) is 4. The number of hydrogen-bond acceptors (Lipinski definition) is 13. The van der Waals surface area contributed by atoms with Gasteiger partial charge in [-0.3, -0.25) is 0 Å². The van der Waals surface area contributed by atoms with Crippen LogP contribution in [0.3, 0.4) is 0 Å². The van der Waals surface area contributed by atoms with Crippen molar-refractivity contribution in [2.24, 2.45) is 23.7 Å². The maximum atomic E-state index is 17.6. The van der Waals surface area contributed by atoms with Gasteiger partial charge in [0.05, 0.1) is 34.6 Å². The van der Waals surface area contributed by atoms with Crippen LogP contribution in [-0.2, 0) is 12.8 Å². The van der Waals surface area contributed by atoms with E-state index in [1.165, 1.54) is 167 Å². The third-order valence-corrected chi connectivity index (χ3v) is 34.4. The molecule has 4 atom stereocenters. The van der Waals surface area contributed by atoms with Crippen LogP contribution in [0, 0.1) is 35.3 Å². The number of hydrogen-bond donors (Lipinski definition) is 0. The summed E-state index contributed by atoms with van der Waals surface area (Å²) in [5, 5.41) is 3.05. The van der Waals surface area contributed by atoms with E-state index in [1.807, 2.05) is 34.0 Å². The summed E-state index contributed by atoms with van der Waals surface area (Å²) in [4.78, 5) is 14.5. The number of aromatic nitrogens is 4. The molecule has 0 radical (unpaired) electrons. The zero-order chi connectivity index (χ0) is 59.6. The van der Waals surface area contributed by atoms with E-state index in [1.54, 1.807) is 62.7 Å². The van der Waals surface area contributed by atoms with Crippen LogP contribution in [0.4, 0.5) is 8.78 Å². The Hall–Kier alpha value is -3.68. The summed E-state index contributed by atoms with van der Waals surface area (Å²) in [6, 6.07) is 28.4. The summed E-state index contributed by atoms with van der Waals surface area (Å²) in [6.07, 6.45) is 21.8. The molecule has 0 bridgehead atoms. The molecule has 10 heterocycles. The molecule has 2 aromatic carbocycles. The lowest BCUT2D eigenvalue weighted by molar-refractivity contribution is 0.452. The Kier molecular flexibility index (Phi) is 20.2. The quantitative estimate of drug-likeness (QED) is 0.0421. The zero-order valence-electron chi connectivity index (χ0n) is 51.1. The average molecular weight is 1330 g/mol. The number of fused-ring (bicyclic) bond motifs is 7. The first-order valence-electron chi connectivity index (χ1n) is 32.0. The van der Waals surface area contributed by atoms with Gasteiger partial charge in [0.25, 0.3) is 0 Å². The predicted molar refractivity (Wildman–Crippen MR) is 384 cm³/mol. The van der Waals surface area contributed by atoms with Gasteiger partial charge in [-0.2, -0.15) is 17.5 Å². The lowest BCUT2D eigenvalue weighted by Crippen LogP contribution is -2.57. The van der Waals surface area contributed by atoms with Crippen molar-refractivity contribution < 1.29 is 8.78 Å². The van der Waals surface area contributed by atoms with Gasteiger partial charge in [-0.25, -0.2) is 8.78 Å². The van der Waals surface area contributed by atoms with Crippen LogP contribution in [0.25, 0.3) is 102 Å². The Bertz CT molecular complexity index is 4060. The molecule has 0 spiro atoms. The molecule has 11 aromatic rings. The normalized spacial score (nSPS) is 15.7. The molecule has 0 amide bonds. The lowest BCUT2D eigenvalue weighted by atomic mass is 9.95. The van der Waals surface area contributed by atoms with Crippen molar-refractivity contribution in [2.75, 3.05) is 0 Å². The van der Waals surface area contributed by atoms with E-state index < -0.39 is 8.07 Å². The van der Waals surface area contributed by atoms with Crippen molar-refractivity contribution in [1.29, 1.82) is 0 Å². The highest BCUT2D eigenvalue weighted by Crippen LogP contribution is 2.54. The van der Waals surface area contributed by atoms with Crippen molar-refractivity contribution in [3.8, 4) is 71.0 Å². The highest BCUT2D eigenvalue weighted by Gasteiger charge is 2.51. The molecule has 16 heteroatoms. The molecule has 1 aliphatic heterocycles. The first-order chi connectivity index (χ1) is 42.0. The Morgan fingerprint density at radius 3 is 1.29 bits per heavy atom. The van der Waals surface area contributed by atoms with Gasteiger partial charge in [-0.15, -0.1) is 79.4 Å². The van der Waals surface area contributed by atoms with E-state index in [9.17, 15) is 0 Å². The van der Waals surface area contributed by atoms with E-state index in [-0.39, 0.29) is 11.6 Å². The number of nitrogens with zero attached hydrogens (tertiary/aromatic N) is 4. The fourth-order valence-electron chi connectivity index (χ4n) is 13.7. The molecule has 0 N–H and O–H groups in total. The summed E-state index contributed by atoms with van der Waals surface area (Å²) >= 11 is 15.1. The van der Waals surface area contributed by atoms with Gasteiger partial charge in [0.15, 0.2) is 0 Å². The van der Waals surface area contributed by atoms with Gasteiger partial charge in [-0.1, -0.05) is 158 Å². The first-order valence-corrected chi connectivity index (χ1v) is 41.6. The predicted octanol–water partition coefficient (Wildman–Crippen LogP) is 25.1. The second-order valence-electron chi connectivity index (χ2n) is 24.4. The molecule has 9 aromatic heterocycles. The number of benzene rings is 2. The summed E-state index contributed by atoms with van der Waals surface area (Å²) < 4.78 is 57.3. The number of rotatable bonds is 30. The van der Waals surface area contributed by atoms with E-state index in [4.69, 9.17) is 17.5 Å². The van der Waals surface area contributed by atoms with Crippen LogP contribution >= 0.6 is 103 Å². The smallest absolute Gasteiger partial charge is 0.134 e. The molecule has 86 heavy (non-hydrogen) atoms. The van der Waals surface area contributed by atoms with Crippen LogP contribution in [0.1, 0.15) is 168 Å². The molecule has 1 aliphatic rings. The van der Waals surface area contributed by atoms with Gasteiger partial charge in [0.2, 0.25) is 0 Å². The average Bonchev–Trinajstić information content (AvgIpc) is 1.70. The highest BCUT2D eigenvalue weighted by molar-refractivity contribution is 7.39. The Balaban J connectivity index is 0.924. The Morgan fingerprint density at radius 1 is 0.407 bits per heavy atom. The molecule has 0 aliphatic carbocycles. The summed E-state index contributed by atoms with van der Waals surface area (Å²) in [5.41, 5.74) is 5.65. The van der Waals surface area contributed by atoms with Gasteiger partial charge in [-0.05, 0) is 132 Å². The molecular formula is C70H80F2N4S9Si. The molecule has 4 nitrogen and oxygen atoms in total. The summed E-state index contributed by atoms with van der Waals surface area (Å²) in [5.74, 6) is 2.10. The third kappa shape index (κ3) is 12.3. The van der Waals surface area contributed by atoms with Crippen LogP contribution in [0.15, 0.2) is 72.8 Å². The minimum absolute atomic E-state index is 0.232. The van der Waals surface area contributed by atoms with Crippen LogP contribution < -0.4 is 10.4 Å². The van der Waals surface area contributed by atoms with Crippen molar-refractivity contribution >= 4 is 153 Å². The topological polar surface area (TPSA) is 51.6 Å². The zero-order valence-corrected chi connectivity index (χ0v) is 59.4. The molecule has 452 valence electrons. The molecular weight excluding hydrogens is 1250 g/mol. The largest absolute Gasteiger partial charge is 0.206 e. The van der Waals surface area contributed by atoms with Crippen molar-refractivity contribution in [2.45, 2.75) is 183 Å². The van der Waals surface area contributed by atoms with Crippen molar-refractivity contribution in [3.05, 3.63) is 94.2 Å². The van der Waals surface area contributed by atoms with Gasteiger partial charge < -0.3 is 0 Å². The molecule has 0 saturated heterocycles. The molecule has 0 saturated carbocycles. The Morgan fingerprint density at radius 2 is 0.826 bits per heavy atom. The molecule has 4 unspecified atom stereocenters. The fraction of sp³-hybridized carbons (Fsp3) is 0.457. The molecule has 12 rings (SSSR count). The first kappa shape index (κ1) is 62.5. The minimum atomic E-state index is -2.62. The monoisotopic (exact) mass is 1330 g/mol. The maximum absolute atomic E-state index is 17.6. The molecule has 0 fully saturated rings. The standard InChI is InChI=1S/C70H80F2N4S9Si/c1-9-17-21-41(13-5)33-45-25-27-53(77-45)55-31-29-51(79-55)47-35-49(71)61(65-63(47)73-84-75-65)57-37-59-67(81-57)70-69(83-59)68-60(86(70,39-43(15-7)23-19-11-3)40-44(16-8)24-20-12-4)38-58(82-68)62-50(72)36-48(64-66(62)76-85-74-64)52-30-32-56(80-52)54-28-26-46(78-54)34-42(14-6)22-18-10-2/h25-32,35-38,41-44H,9-24,33-34,39-40H2,1-8H3. The van der Waals surface area contributed by atoms with E-state index in [0.717, 1.165) is 91.3 Å². The van der Waals surface area contributed by atoms with Crippen LogP contribution in [0.5, 0.6) is 0 Å². The van der Waals surface area contributed by atoms with Gasteiger partial charge in [0.1, 0.15) is 41.8 Å². The van der Waals surface area contributed by atoms with E-state index in [2.05, 4.69) is 116 Å². The van der Waals surface area contributed by atoms with E-state index in [0.29, 0.717) is 34.0 Å². The maximum Gasteiger partial charge on any atom is 0.134 e. The lowest BCUT2D eigenvalue weighted by Gasteiger charge is -2.36. The number of thiophene rings is 7. The number of halogens is 2. The third-order valence-electron chi connectivity index (χ3n) is 18.7. The Labute approximate surface area is 545 Å². The van der Waals surface area contributed by atoms with E-state index >= 15 is 8.78 Å². The second-order valence-corrected chi connectivity index (χ2v) is 37.1. The van der Waals surface area contributed by atoms with Gasteiger partial charge in [0, 0.05) is 79.1 Å². The van der Waals surface area contributed by atoms with Crippen molar-refractivity contribution in [1.82, 2.24) is 17.5 Å². The summed E-state index contributed by atoms with van der Waals surface area (Å²) in [6.45, 7) is 18.7. The van der Waals surface area contributed by atoms with Crippen LogP contribution in [0.2, 0.25) is 12.1 Å². The SMILES string of the molecule is CCCCC(CC)Cc1ccc(-c2ccc(-c3cc(F)c(-c4cc5c(s4)-c4sc6cc(-c7c(F)cc(-c8ccc(-c9ccc(CC(CC)CCCC)s9)s8)c8nsnc78)sc6c4[Si]5(CC(CC)CCCC)CC(CC)CCCC)c4nsnc34)s2)s1.